The Kier molecular flexibility index (Phi) is 2.09. The molecule has 0 bridgehead atoms. The fourth-order valence-corrected chi connectivity index (χ4v) is 1.75. The highest BCUT2D eigenvalue weighted by Crippen LogP contribution is 2.30. The number of hydrogen-bond donors (Lipinski definition) is 1. The first-order valence-electron chi connectivity index (χ1n) is 4.17. The van der Waals surface area contributed by atoms with Gasteiger partial charge in [0.15, 0.2) is 5.75 Å². The summed E-state index contributed by atoms with van der Waals surface area (Å²) in [6.45, 7) is 0.932. The molecule has 0 radical (unpaired) electrons. The zero-order valence-electron chi connectivity index (χ0n) is 6.70. The summed E-state index contributed by atoms with van der Waals surface area (Å²) in [5.74, 6) is 0.995. The highest BCUT2D eigenvalue weighted by molar-refractivity contribution is 9.10. The minimum absolute atomic E-state index is 0.231. The van der Waals surface area contributed by atoms with Crippen LogP contribution in [-0.2, 0) is 6.54 Å². The van der Waals surface area contributed by atoms with Crippen LogP contribution >= 0.6 is 15.9 Å². The molecule has 0 aliphatic heterocycles. The van der Waals surface area contributed by atoms with Crippen molar-refractivity contribution < 1.29 is 5.11 Å². The Morgan fingerprint density at radius 1 is 1.67 bits per heavy atom. The molecular formula is C8H11BrN2O. The highest BCUT2D eigenvalue weighted by atomic mass is 79.9. The Hall–Kier alpha value is -0.510. The number of aromatic nitrogens is 2. The largest absolute Gasteiger partial charge is 0.504 e. The molecule has 1 heterocycles. The number of halogens is 1. The van der Waals surface area contributed by atoms with Crippen LogP contribution in [0, 0.1) is 5.92 Å². The summed E-state index contributed by atoms with van der Waals surface area (Å²) in [4.78, 5) is 0. The van der Waals surface area contributed by atoms with E-state index in [1.54, 1.807) is 0 Å². The maximum absolute atomic E-state index is 9.21. The fourth-order valence-electron chi connectivity index (χ4n) is 1.41. The topological polar surface area (TPSA) is 38.1 Å². The molecule has 12 heavy (non-hydrogen) atoms. The van der Waals surface area contributed by atoms with Gasteiger partial charge in [0.05, 0.1) is 6.20 Å². The molecular weight excluding hydrogens is 220 g/mol. The Morgan fingerprint density at radius 2 is 2.42 bits per heavy atom. The smallest absolute Gasteiger partial charge is 0.168 e. The second kappa shape index (κ2) is 3.09. The molecule has 0 unspecified atom stereocenters. The van der Waals surface area contributed by atoms with Crippen molar-refractivity contribution in [2.24, 2.45) is 5.92 Å². The van der Waals surface area contributed by atoms with Crippen LogP contribution in [0.2, 0.25) is 0 Å². The van der Waals surface area contributed by atoms with Crippen LogP contribution in [0.15, 0.2) is 10.8 Å². The molecule has 4 heteroatoms. The Morgan fingerprint density at radius 3 is 2.83 bits per heavy atom. The molecule has 1 aromatic heterocycles. The number of nitrogens with zero attached hydrogens (tertiary/aromatic N) is 2. The van der Waals surface area contributed by atoms with Gasteiger partial charge < -0.3 is 5.11 Å². The molecule has 1 aliphatic rings. The van der Waals surface area contributed by atoms with Gasteiger partial charge in [-0.3, -0.25) is 4.68 Å². The van der Waals surface area contributed by atoms with E-state index in [2.05, 4.69) is 21.0 Å². The molecule has 1 saturated carbocycles. The average molecular weight is 231 g/mol. The number of hydrogen-bond acceptors (Lipinski definition) is 2. The molecule has 0 saturated heterocycles. The van der Waals surface area contributed by atoms with Crippen LogP contribution in [0.1, 0.15) is 19.3 Å². The van der Waals surface area contributed by atoms with Gasteiger partial charge in [-0.25, -0.2) is 0 Å². The summed E-state index contributed by atoms with van der Waals surface area (Å²) < 4.78 is 2.52. The van der Waals surface area contributed by atoms with Gasteiger partial charge in [0.25, 0.3) is 0 Å². The minimum Gasteiger partial charge on any atom is -0.504 e. The van der Waals surface area contributed by atoms with E-state index in [0.717, 1.165) is 12.5 Å². The lowest BCUT2D eigenvalue weighted by molar-refractivity contribution is 0.264. The summed E-state index contributed by atoms with van der Waals surface area (Å²) in [6.07, 6.45) is 5.42. The SMILES string of the molecule is Oc1cnn(CC2CCC2)c1Br. The normalized spacial score (nSPS) is 17.8. The minimum atomic E-state index is 0.231. The molecule has 1 aromatic rings. The second-order valence-corrected chi connectivity index (χ2v) is 4.05. The summed E-state index contributed by atoms with van der Waals surface area (Å²) in [6, 6.07) is 0. The van der Waals surface area contributed by atoms with Crippen molar-refractivity contribution in [3.8, 4) is 5.75 Å². The van der Waals surface area contributed by atoms with E-state index >= 15 is 0 Å². The van der Waals surface area contributed by atoms with E-state index in [4.69, 9.17) is 0 Å². The van der Waals surface area contributed by atoms with Crippen molar-refractivity contribution in [1.29, 1.82) is 0 Å². The third-order valence-electron chi connectivity index (χ3n) is 2.41. The predicted molar refractivity (Wildman–Crippen MR) is 48.9 cm³/mol. The third kappa shape index (κ3) is 1.35. The monoisotopic (exact) mass is 230 g/mol. The van der Waals surface area contributed by atoms with E-state index in [-0.39, 0.29) is 5.75 Å². The highest BCUT2D eigenvalue weighted by Gasteiger charge is 2.19. The Labute approximate surface area is 79.5 Å². The molecule has 66 valence electrons. The van der Waals surface area contributed by atoms with Gasteiger partial charge in [0, 0.05) is 6.54 Å². The quantitative estimate of drug-likeness (QED) is 0.846. The molecule has 1 fully saturated rings. The maximum Gasteiger partial charge on any atom is 0.168 e. The predicted octanol–water partition coefficient (Wildman–Crippen LogP) is 2.15. The zero-order valence-corrected chi connectivity index (χ0v) is 8.29. The summed E-state index contributed by atoms with van der Waals surface area (Å²) in [5.41, 5.74) is 0. The zero-order chi connectivity index (χ0) is 8.55. The van der Waals surface area contributed by atoms with E-state index in [1.165, 1.54) is 25.5 Å². The molecule has 1 aliphatic carbocycles. The van der Waals surface area contributed by atoms with Crippen LogP contribution < -0.4 is 0 Å². The lowest BCUT2D eigenvalue weighted by Gasteiger charge is -2.25. The molecule has 0 aromatic carbocycles. The first-order chi connectivity index (χ1) is 5.77. The Balaban J connectivity index is 2.06. The third-order valence-corrected chi connectivity index (χ3v) is 3.23. The summed E-state index contributed by atoms with van der Waals surface area (Å²) in [7, 11) is 0. The van der Waals surface area contributed by atoms with Gasteiger partial charge in [-0.05, 0) is 34.7 Å². The van der Waals surface area contributed by atoms with E-state index in [1.807, 2.05) is 4.68 Å². The summed E-state index contributed by atoms with van der Waals surface area (Å²) in [5, 5.41) is 13.3. The van der Waals surface area contributed by atoms with E-state index in [9.17, 15) is 5.11 Å². The van der Waals surface area contributed by atoms with Crippen LogP contribution in [0.4, 0.5) is 0 Å². The van der Waals surface area contributed by atoms with Gasteiger partial charge in [-0.15, -0.1) is 0 Å². The van der Waals surface area contributed by atoms with E-state index in [0.29, 0.717) is 4.60 Å². The molecule has 1 N–H and O–H groups in total. The van der Waals surface area contributed by atoms with Crippen LogP contribution in [-0.4, -0.2) is 14.9 Å². The van der Waals surface area contributed by atoms with Crippen LogP contribution in [0.3, 0.4) is 0 Å². The average Bonchev–Trinajstić information content (AvgIpc) is 2.27. The van der Waals surface area contributed by atoms with Crippen molar-refractivity contribution in [3.63, 3.8) is 0 Å². The van der Waals surface area contributed by atoms with Gasteiger partial charge in [0.1, 0.15) is 4.60 Å². The van der Waals surface area contributed by atoms with Crippen molar-refractivity contribution >= 4 is 15.9 Å². The standard InChI is InChI=1S/C8H11BrN2O/c9-8-7(12)4-10-11(8)5-6-2-1-3-6/h4,6,12H,1-3,5H2. The van der Waals surface area contributed by atoms with Gasteiger partial charge >= 0.3 is 0 Å². The lowest BCUT2D eigenvalue weighted by atomic mass is 9.85. The molecule has 0 spiro atoms. The van der Waals surface area contributed by atoms with Crippen molar-refractivity contribution in [2.45, 2.75) is 25.8 Å². The first kappa shape index (κ1) is 8.10. The molecule has 2 rings (SSSR count). The molecule has 3 nitrogen and oxygen atoms in total. The first-order valence-corrected chi connectivity index (χ1v) is 4.97. The molecule has 0 amide bonds. The van der Waals surface area contributed by atoms with Crippen molar-refractivity contribution in [2.75, 3.05) is 0 Å². The Bertz CT molecular complexity index is 281. The van der Waals surface area contributed by atoms with Crippen molar-refractivity contribution in [1.82, 2.24) is 9.78 Å². The van der Waals surface area contributed by atoms with Crippen LogP contribution in [0.5, 0.6) is 5.75 Å². The number of aromatic hydroxyl groups is 1. The number of rotatable bonds is 2. The van der Waals surface area contributed by atoms with Crippen molar-refractivity contribution in [3.05, 3.63) is 10.8 Å². The molecule has 0 atom stereocenters. The van der Waals surface area contributed by atoms with Gasteiger partial charge in [-0.1, -0.05) is 6.42 Å². The fraction of sp³-hybridized carbons (Fsp3) is 0.625. The van der Waals surface area contributed by atoms with Gasteiger partial charge in [-0.2, -0.15) is 5.10 Å². The summed E-state index contributed by atoms with van der Waals surface area (Å²) >= 11 is 3.28. The van der Waals surface area contributed by atoms with Crippen LogP contribution in [0.25, 0.3) is 0 Å². The van der Waals surface area contributed by atoms with E-state index < -0.39 is 0 Å². The lowest BCUT2D eigenvalue weighted by Crippen LogP contribution is -2.18. The maximum atomic E-state index is 9.21. The second-order valence-electron chi connectivity index (χ2n) is 3.30. The van der Waals surface area contributed by atoms with Gasteiger partial charge in [0.2, 0.25) is 0 Å².